The number of carbonyl (C=O) groups excluding carboxylic acids is 1. The molecule has 0 saturated heterocycles. The summed E-state index contributed by atoms with van der Waals surface area (Å²) in [7, 11) is -3.36. The third-order valence-corrected chi connectivity index (χ3v) is 11.4. The topological polar surface area (TPSA) is 139 Å². The van der Waals surface area contributed by atoms with Gasteiger partial charge in [-0.15, -0.1) is 15.9 Å². The van der Waals surface area contributed by atoms with E-state index in [0.29, 0.717) is 35.8 Å². The van der Waals surface area contributed by atoms with Gasteiger partial charge in [0.2, 0.25) is 5.91 Å². The zero-order valence-electron chi connectivity index (χ0n) is 28.2. The number of fused-ring (bicyclic) bond motifs is 2. The Kier molecular flexibility index (Phi) is 9.27. The number of amides is 1. The van der Waals surface area contributed by atoms with Crippen LogP contribution < -0.4 is 10.1 Å². The molecule has 0 aliphatic carbocycles. The largest absolute Gasteiger partial charge is 0.487 e. The number of para-hydroxylation sites is 1. The van der Waals surface area contributed by atoms with Crippen molar-refractivity contribution in [3.63, 3.8) is 0 Å². The van der Waals surface area contributed by atoms with Gasteiger partial charge in [0.25, 0.3) is 0 Å². The standard InChI is InChI=1S/C36H43N7O4S/c1-7-28-21-42(48(45,46)32-12-10-9-11-31(32)47-28)20-26-17-25(14-13-23(26)3)33(36(5,6)35(44)39-27-18-37-22-38-19-27)29-15-16-30-34(24(29)4)40-41-43(30)8-2/h9-19,22,28,33,45-46H,7-8,20-21H2,1-6H3,(H,39,44). The highest BCUT2D eigenvalue weighted by Crippen LogP contribution is 2.57. The highest BCUT2D eigenvalue weighted by molar-refractivity contribution is 8.22. The van der Waals surface area contributed by atoms with E-state index in [0.717, 1.165) is 38.9 Å². The lowest BCUT2D eigenvalue weighted by molar-refractivity contribution is -0.124. The van der Waals surface area contributed by atoms with Crippen LogP contribution >= 0.6 is 10.8 Å². The average molecular weight is 670 g/mol. The van der Waals surface area contributed by atoms with Gasteiger partial charge >= 0.3 is 0 Å². The van der Waals surface area contributed by atoms with Gasteiger partial charge in [-0.1, -0.05) is 62.4 Å². The molecule has 1 amide bonds. The van der Waals surface area contributed by atoms with Gasteiger partial charge in [0.05, 0.1) is 35.6 Å². The molecule has 2 atom stereocenters. The number of rotatable bonds is 9. The average Bonchev–Trinajstić information content (AvgIpc) is 3.46. The number of nitrogens with zero attached hydrogens (tertiary/aromatic N) is 6. The summed E-state index contributed by atoms with van der Waals surface area (Å²) in [5, 5.41) is 11.9. The van der Waals surface area contributed by atoms with Crippen LogP contribution in [0.2, 0.25) is 0 Å². The van der Waals surface area contributed by atoms with Crippen LogP contribution in [0.3, 0.4) is 0 Å². The van der Waals surface area contributed by atoms with Crippen molar-refractivity contribution in [1.29, 1.82) is 0 Å². The fraction of sp³-hybridized carbons (Fsp3) is 0.361. The van der Waals surface area contributed by atoms with E-state index in [1.165, 1.54) is 6.33 Å². The van der Waals surface area contributed by atoms with E-state index >= 15 is 0 Å². The Morgan fingerprint density at radius 2 is 1.83 bits per heavy atom. The summed E-state index contributed by atoms with van der Waals surface area (Å²) >= 11 is 0. The smallest absolute Gasteiger partial charge is 0.231 e. The summed E-state index contributed by atoms with van der Waals surface area (Å²) in [4.78, 5) is 22.7. The Bertz CT molecular complexity index is 1950. The molecular weight excluding hydrogens is 627 g/mol. The van der Waals surface area contributed by atoms with Gasteiger partial charge in [0.1, 0.15) is 28.6 Å². The Morgan fingerprint density at radius 1 is 1.08 bits per heavy atom. The Morgan fingerprint density at radius 3 is 2.56 bits per heavy atom. The maximum absolute atomic E-state index is 14.1. The van der Waals surface area contributed by atoms with Crippen molar-refractivity contribution >= 4 is 33.4 Å². The molecule has 0 radical (unpaired) electrons. The molecule has 2 aromatic heterocycles. The fourth-order valence-electron chi connectivity index (χ4n) is 6.56. The Hall–Kier alpha value is -4.36. The first kappa shape index (κ1) is 33.5. The SMILES string of the molecule is CCC1CN(Cc2cc(C(c3ccc4c(nnn4CC)c3C)C(C)(C)C(=O)Nc3cncnc3)ccc2C)S(O)(O)c2ccccc2O1. The minimum absolute atomic E-state index is 0.192. The minimum Gasteiger partial charge on any atom is -0.487 e. The molecule has 11 nitrogen and oxygen atoms in total. The zero-order chi connectivity index (χ0) is 34.2. The van der Waals surface area contributed by atoms with Crippen molar-refractivity contribution in [2.24, 2.45) is 5.41 Å². The normalized spacial score (nSPS) is 17.6. The van der Waals surface area contributed by atoms with Gasteiger partial charge in [0, 0.05) is 19.0 Å². The van der Waals surface area contributed by atoms with E-state index in [1.54, 1.807) is 34.9 Å². The number of aryl methyl sites for hydroxylation is 3. The molecule has 12 heteroatoms. The number of ether oxygens (including phenoxy) is 1. The van der Waals surface area contributed by atoms with Crippen molar-refractivity contribution in [1.82, 2.24) is 29.3 Å². The van der Waals surface area contributed by atoms with Crippen molar-refractivity contribution in [3.8, 4) is 5.75 Å². The number of aromatic nitrogens is 5. The summed E-state index contributed by atoms with van der Waals surface area (Å²) < 4.78 is 33.2. The molecule has 3 aromatic carbocycles. The van der Waals surface area contributed by atoms with Crippen molar-refractivity contribution < 1.29 is 18.6 Å². The first-order valence-electron chi connectivity index (χ1n) is 16.2. The van der Waals surface area contributed by atoms with Gasteiger partial charge < -0.3 is 10.1 Å². The number of anilines is 1. The Balaban J connectivity index is 1.45. The van der Waals surface area contributed by atoms with Crippen LogP contribution in [0.15, 0.2) is 78.2 Å². The highest BCUT2D eigenvalue weighted by Gasteiger charge is 2.41. The molecule has 48 heavy (non-hydrogen) atoms. The fourth-order valence-corrected chi connectivity index (χ4v) is 8.18. The molecule has 1 aliphatic heterocycles. The number of hydrogen-bond acceptors (Lipinski definition) is 9. The van der Waals surface area contributed by atoms with Crippen LogP contribution in [0.5, 0.6) is 5.75 Å². The van der Waals surface area contributed by atoms with Crippen LogP contribution in [-0.2, 0) is 17.9 Å². The van der Waals surface area contributed by atoms with Crippen molar-refractivity contribution in [2.45, 2.75) is 78.0 Å². The third kappa shape index (κ3) is 6.16. The quantitative estimate of drug-likeness (QED) is 0.147. The second kappa shape index (κ2) is 13.3. The lowest BCUT2D eigenvalue weighted by Crippen LogP contribution is -2.37. The van der Waals surface area contributed by atoms with E-state index in [9.17, 15) is 13.9 Å². The highest BCUT2D eigenvalue weighted by atomic mass is 32.3. The van der Waals surface area contributed by atoms with Crippen LogP contribution in [-0.4, -0.2) is 56.9 Å². The monoisotopic (exact) mass is 669 g/mol. The summed E-state index contributed by atoms with van der Waals surface area (Å²) in [6.07, 6.45) is 5.07. The van der Waals surface area contributed by atoms with E-state index in [1.807, 2.05) is 64.4 Å². The molecule has 0 spiro atoms. The third-order valence-electron chi connectivity index (χ3n) is 9.43. The first-order valence-corrected chi connectivity index (χ1v) is 17.7. The number of benzene rings is 3. The van der Waals surface area contributed by atoms with Gasteiger partial charge in [-0.3, -0.25) is 13.9 Å². The predicted molar refractivity (Wildman–Crippen MR) is 188 cm³/mol. The number of hydrogen-bond donors (Lipinski definition) is 3. The summed E-state index contributed by atoms with van der Waals surface area (Å²) in [5.74, 6) is -0.100. The van der Waals surface area contributed by atoms with E-state index < -0.39 is 22.1 Å². The molecule has 3 N–H and O–H groups in total. The lowest BCUT2D eigenvalue weighted by Gasteiger charge is -2.42. The van der Waals surface area contributed by atoms with Crippen LogP contribution in [0.25, 0.3) is 11.0 Å². The van der Waals surface area contributed by atoms with Gasteiger partial charge in [-0.25, -0.2) is 14.6 Å². The summed E-state index contributed by atoms with van der Waals surface area (Å²) in [6.45, 7) is 13.3. The zero-order valence-corrected chi connectivity index (χ0v) is 29.0. The van der Waals surface area contributed by atoms with Crippen LogP contribution in [0.1, 0.15) is 67.9 Å². The van der Waals surface area contributed by atoms with Crippen molar-refractivity contribution in [2.75, 3.05) is 11.9 Å². The predicted octanol–water partition coefficient (Wildman–Crippen LogP) is 7.35. The molecule has 0 saturated carbocycles. The first-order chi connectivity index (χ1) is 22.9. The second-order valence-electron chi connectivity index (χ2n) is 12.9. The molecule has 5 aromatic rings. The molecule has 3 heterocycles. The van der Waals surface area contributed by atoms with Crippen LogP contribution in [0, 0.1) is 19.3 Å². The maximum atomic E-state index is 14.1. The number of carbonyl (C=O) groups is 1. The molecular formula is C36H43N7O4S. The van der Waals surface area contributed by atoms with Crippen LogP contribution in [0.4, 0.5) is 5.69 Å². The number of nitrogens with one attached hydrogen (secondary N) is 1. The molecule has 1 aliphatic rings. The molecule has 0 fully saturated rings. The molecule has 0 bridgehead atoms. The van der Waals surface area contributed by atoms with E-state index in [4.69, 9.17) is 4.74 Å². The molecule has 2 unspecified atom stereocenters. The summed E-state index contributed by atoms with van der Waals surface area (Å²) in [5.41, 5.74) is 6.02. The van der Waals surface area contributed by atoms with Gasteiger partial charge in [0.15, 0.2) is 0 Å². The van der Waals surface area contributed by atoms with Gasteiger partial charge in [-0.05, 0) is 73.2 Å². The Labute approximate surface area is 282 Å². The molecule has 6 rings (SSSR count). The maximum Gasteiger partial charge on any atom is 0.231 e. The van der Waals surface area contributed by atoms with E-state index in [2.05, 4.69) is 43.8 Å². The van der Waals surface area contributed by atoms with Gasteiger partial charge in [-0.2, -0.15) is 4.31 Å². The lowest BCUT2D eigenvalue weighted by atomic mass is 9.69. The second-order valence-corrected chi connectivity index (χ2v) is 14.9. The minimum atomic E-state index is -3.36. The summed E-state index contributed by atoms with van der Waals surface area (Å²) in [6, 6.07) is 17.5. The van der Waals surface area contributed by atoms with Crippen molar-refractivity contribution in [3.05, 3.63) is 101 Å². The molecule has 252 valence electrons. The van der Waals surface area contributed by atoms with E-state index in [-0.39, 0.29) is 18.6 Å².